The summed E-state index contributed by atoms with van der Waals surface area (Å²) < 4.78 is 42.8. The van der Waals surface area contributed by atoms with Crippen molar-refractivity contribution in [1.29, 1.82) is 0 Å². The molecule has 3 aromatic rings. The van der Waals surface area contributed by atoms with Crippen LogP contribution in [0.4, 0.5) is 0 Å². The average molecular weight is 469 g/mol. The van der Waals surface area contributed by atoms with E-state index in [2.05, 4.69) is 0 Å². The van der Waals surface area contributed by atoms with Crippen LogP contribution < -0.4 is 0 Å². The Bertz CT molecular complexity index is 1050. The molecule has 0 unspecified atom stereocenters. The second kappa shape index (κ2) is 12.7. The van der Waals surface area contributed by atoms with Crippen molar-refractivity contribution >= 4 is 10.1 Å². The lowest BCUT2D eigenvalue weighted by atomic mass is 10.1. The Kier molecular flexibility index (Phi) is 9.63. The topological polar surface area (TPSA) is 61.8 Å². The summed E-state index contributed by atoms with van der Waals surface area (Å²) in [6, 6.07) is 26.5. The molecule has 0 aromatic heterocycles. The van der Waals surface area contributed by atoms with Crippen LogP contribution in [0.1, 0.15) is 36.5 Å². The smallest absolute Gasteiger partial charge is 0.296 e. The Balaban J connectivity index is 1.63. The summed E-state index contributed by atoms with van der Waals surface area (Å²) >= 11 is 0. The fourth-order valence-corrected chi connectivity index (χ4v) is 4.39. The lowest BCUT2D eigenvalue weighted by Crippen LogP contribution is -2.32. The molecule has 0 aliphatic rings. The van der Waals surface area contributed by atoms with Gasteiger partial charge in [0.1, 0.15) is 0 Å². The molecule has 0 radical (unpaired) electrons. The highest BCUT2D eigenvalue weighted by molar-refractivity contribution is 7.86. The summed E-state index contributed by atoms with van der Waals surface area (Å²) in [6.45, 7) is 4.85. The third-order valence-corrected chi connectivity index (χ3v) is 6.71. The van der Waals surface area contributed by atoms with Crippen molar-refractivity contribution in [1.82, 2.24) is 0 Å². The zero-order valence-corrected chi connectivity index (χ0v) is 20.0. The quantitative estimate of drug-likeness (QED) is 0.302. The van der Waals surface area contributed by atoms with E-state index in [0.717, 1.165) is 23.1 Å². The van der Waals surface area contributed by atoms with E-state index >= 15 is 0 Å². The first kappa shape index (κ1) is 25.1. The minimum atomic E-state index is -3.82. The number of hydrogen-bond acceptors (Lipinski definition) is 5. The molecule has 0 spiro atoms. The molecule has 33 heavy (non-hydrogen) atoms. The number of aryl methyl sites for hydroxylation is 1. The van der Waals surface area contributed by atoms with Gasteiger partial charge in [-0.25, -0.2) is 0 Å². The van der Waals surface area contributed by atoms with Crippen LogP contribution >= 0.6 is 0 Å². The molecule has 3 aromatic carbocycles. The summed E-state index contributed by atoms with van der Waals surface area (Å²) in [5, 5.41) is 0. The summed E-state index contributed by atoms with van der Waals surface area (Å²) in [5.74, 6) is 0. The number of ether oxygens (including phenoxy) is 2. The van der Waals surface area contributed by atoms with Gasteiger partial charge in [-0.3, -0.25) is 4.18 Å². The number of hydrogen-bond donors (Lipinski definition) is 0. The molecule has 3 rings (SSSR count). The predicted octanol–water partition coefficient (Wildman–Crippen LogP) is 5.67. The maximum absolute atomic E-state index is 12.6. The molecular weight excluding hydrogens is 436 g/mol. The van der Waals surface area contributed by atoms with Gasteiger partial charge >= 0.3 is 0 Å². The van der Waals surface area contributed by atoms with Gasteiger partial charge < -0.3 is 9.47 Å². The predicted molar refractivity (Wildman–Crippen MR) is 129 cm³/mol. The largest absolute Gasteiger partial charge is 0.371 e. The maximum Gasteiger partial charge on any atom is 0.296 e. The minimum absolute atomic E-state index is 0.0147. The Labute approximate surface area is 197 Å². The van der Waals surface area contributed by atoms with Crippen molar-refractivity contribution in [3.8, 4) is 0 Å². The molecule has 0 bridgehead atoms. The van der Waals surface area contributed by atoms with Crippen LogP contribution in [0.15, 0.2) is 89.8 Å². The normalized spacial score (nSPS) is 13.5. The summed E-state index contributed by atoms with van der Waals surface area (Å²) in [4.78, 5) is 0.155. The van der Waals surface area contributed by atoms with Crippen LogP contribution in [0.3, 0.4) is 0 Å². The molecule has 5 nitrogen and oxygen atoms in total. The maximum atomic E-state index is 12.6. The van der Waals surface area contributed by atoms with Crippen LogP contribution in [0, 0.1) is 6.92 Å². The fourth-order valence-electron chi connectivity index (χ4n) is 3.47. The molecule has 0 saturated heterocycles. The van der Waals surface area contributed by atoms with E-state index in [1.807, 2.05) is 74.5 Å². The molecule has 176 valence electrons. The van der Waals surface area contributed by atoms with Gasteiger partial charge in [-0.05, 0) is 36.6 Å². The van der Waals surface area contributed by atoms with Crippen molar-refractivity contribution in [2.24, 2.45) is 0 Å². The average Bonchev–Trinajstić information content (AvgIpc) is 2.84. The molecule has 6 heteroatoms. The Hall–Kier alpha value is -2.51. The van der Waals surface area contributed by atoms with Crippen molar-refractivity contribution in [3.63, 3.8) is 0 Å². The van der Waals surface area contributed by atoms with E-state index in [1.165, 1.54) is 0 Å². The third kappa shape index (κ3) is 8.09. The van der Waals surface area contributed by atoms with Crippen LogP contribution in [-0.2, 0) is 37.0 Å². The van der Waals surface area contributed by atoms with Gasteiger partial charge in [0.25, 0.3) is 10.1 Å². The van der Waals surface area contributed by atoms with Gasteiger partial charge in [0.2, 0.25) is 0 Å². The van der Waals surface area contributed by atoms with Gasteiger partial charge in [-0.15, -0.1) is 0 Å². The lowest BCUT2D eigenvalue weighted by molar-refractivity contribution is -0.0927. The van der Waals surface area contributed by atoms with E-state index in [0.29, 0.717) is 19.6 Å². The molecule has 2 atom stereocenters. The molecule has 0 saturated carbocycles. The summed E-state index contributed by atoms with van der Waals surface area (Å²) in [6.07, 6.45) is 0.620. The first-order valence-electron chi connectivity index (χ1n) is 11.2. The molecule has 0 aliphatic heterocycles. The summed E-state index contributed by atoms with van der Waals surface area (Å²) in [5.41, 5.74) is 3.12. The highest BCUT2D eigenvalue weighted by atomic mass is 32.2. The standard InChI is InChI=1S/C27H32O5S/c1-3-26(30-20-23-10-6-4-7-11-23)27(31-21-24-12-8-5-9-13-24)18-19-32-33(28,29)25-16-14-22(2)15-17-25/h4-17,26-27H,3,18-21H2,1-2H3/t26-,27+/m0/s1. The Morgan fingerprint density at radius 3 is 1.76 bits per heavy atom. The molecule has 0 amide bonds. The van der Waals surface area contributed by atoms with Gasteiger partial charge in [0.15, 0.2) is 0 Å². The van der Waals surface area contributed by atoms with Crippen molar-refractivity contribution in [3.05, 3.63) is 102 Å². The second-order valence-corrected chi connectivity index (χ2v) is 9.57. The van der Waals surface area contributed by atoms with Gasteiger partial charge in [-0.2, -0.15) is 8.42 Å². The number of benzene rings is 3. The molecular formula is C27H32O5S. The molecule has 0 aliphatic carbocycles. The minimum Gasteiger partial charge on any atom is -0.371 e. The zero-order chi connectivity index (χ0) is 23.5. The lowest BCUT2D eigenvalue weighted by Gasteiger charge is -2.27. The van der Waals surface area contributed by atoms with Gasteiger partial charge in [0, 0.05) is 6.42 Å². The Morgan fingerprint density at radius 2 is 1.24 bits per heavy atom. The van der Waals surface area contributed by atoms with E-state index in [-0.39, 0.29) is 23.7 Å². The van der Waals surface area contributed by atoms with Crippen LogP contribution in [0.25, 0.3) is 0 Å². The van der Waals surface area contributed by atoms with E-state index in [1.54, 1.807) is 24.3 Å². The van der Waals surface area contributed by atoms with Gasteiger partial charge in [-0.1, -0.05) is 85.3 Å². The second-order valence-electron chi connectivity index (χ2n) is 7.96. The van der Waals surface area contributed by atoms with E-state index < -0.39 is 10.1 Å². The Morgan fingerprint density at radius 1 is 0.727 bits per heavy atom. The van der Waals surface area contributed by atoms with Crippen molar-refractivity contribution in [2.45, 2.75) is 57.0 Å². The monoisotopic (exact) mass is 468 g/mol. The van der Waals surface area contributed by atoms with Gasteiger partial charge in [0.05, 0.1) is 36.9 Å². The third-order valence-electron chi connectivity index (χ3n) is 5.38. The first-order chi connectivity index (χ1) is 16.0. The first-order valence-corrected chi connectivity index (χ1v) is 12.7. The van der Waals surface area contributed by atoms with Crippen LogP contribution in [-0.4, -0.2) is 27.2 Å². The zero-order valence-electron chi connectivity index (χ0n) is 19.2. The van der Waals surface area contributed by atoms with E-state index in [4.69, 9.17) is 13.7 Å². The van der Waals surface area contributed by atoms with Crippen LogP contribution in [0.5, 0.6) is 0 Å². The highest BCUT2D eigenvalue weighted by Crippen LogP contribution is 2.19. The van der Waals surface area contributed by atoms with Crippen molar-refractivity contribution < 1.29 is 22.1 Å². The SMILES string of the molecule is CC[C@H](OCc1ccccc1)[C@@H](CCOS(=O)(=O)c1ccc(C)cc1)OCc1ccccc1. The molecule has 0 fully saturated rings. The highest BCUT2D eigenvalue weighted by Gasteiger charge is 2.24. The molecule has 0 heterocycles. The summed E-state index contributed by atoms with van der Waals surface area (Å²) in [7, 11) is -3.82. The van der Waals surface area contributed by atoms with Crippen molar-refractivity contribution in [2.75, 3.05) is 6.61 Å². The van der Waals surface area contributed by atoms with E-state index in [9.17, 15) is 8.42 Å². The molecule has 0 N–H and O–H groups in total. The number of rotatable bonds is 13. The fraction of sp³-hybridized carbons (Fsp3) is 0.333. The van der Waals surface area contributed by atoms with Crippen LogP contribution in [0.2, 0.25) is 0 Å².